The Morgan fingerprint density at radius 2 is 1.92 bits per heavy atom. The predicted molar refractivity (Wildman–Crippen MR) is 99.8 cm³/mol. The van der Waals surface area contributed by atoms with Crippen molar-refractivity contribution in [1.82, 2.24) is 15.1 Å². The van der Waals surface area contributed by atoms with Gasteiger partial charge in [0.05, 0.1) is 13.0 Å². The summed E-state index contributed by atoms with van der Waals surface area (Å²) in [6.45, 7) is 7.98. The van der Waals surface area contributed by atoms with E-state index in [4.69, 9.17) is 4.74 Å². The number of hydrogen-bond donors (Lipinski definition) is 2. The summed E-state index contributed by atoms with van der Waals surface area (Å²) < 4.78 is 6.98. The highest BCUT2D eigenvalue weighted by atomic mass is 16.6. The van der Waals surface area contributed by atoms with Gasteiger partial charge in [0.15, 0.2) is 0 Å². The van der Waals surface area contributed by atoms with E-state index in [0.717, 1.165) is 5.56 Å². The number of anilines is 1. The maximum Gasteiger partial charge on any atom is 0.412 e. The van der Waals surface area contributed by atoms with Crippen LogP contribution in [0, 0.1) is 0 Å². The van der Waals surface area contributed by atoms with Crippen molar-refractivity contribution in [2.75, 3.05) is 5.32 Å². The lowest BCUT2D eigenvalue weighted by Gasteiger charge is -2.19. The van der Waals surface area contributed by atoms with Crippen LogP contribution in [0.25, 0.3) is 0 Å². The van der Waals surface area contributed by atoms with Crippen LogP contribution >= 0.6 is 0 Å². The standard InChI is InChI=1S/C19H26N4O3/c1-14(13-23-11-5-10-20-23)21-17(24)12-15-6-8-16(9-7-15)22-18(25)26-19(2,3)4/h5-11,14H,12-13H2,1-4H3,(H,21,24)(H,22,25)/t14-/m0/s1. The number of nitrogens with one attached hydrogen (secondary N) is 2. The highest BCUT2D eigenvalue weighted by Gasteiger charge is 2.16. The largest absolute Gasteiger partial charge is 0.444 e. The molecule has 0 saturated carbocycles. The molecule has 0 aliphatic heterocycles. The number of carbonyl (C=O) groups excluding carboxylic acids is 2. The van der Waals surface area contributed by atoms with Gasteiger partial charge in [-0.15, -0.1) is 0 Å². The lowest BCUT2D eigenvalue weighted by Crippen LogP contribution is -2.36. The van der Waals surface area contributed by atoms with Gasteiger partial charge in [0, 0.05) is 24.1 Å². The molecule has 7 nitrogen and oxygen atoms in total. The van der Waals surface area contributed by atoms with Crippen LogP contribution in [0.4, 0.5) is 10.5 Å². The monoisotopic (exact) mass is 358 g/mol. The summed E-state index contributed by atoms with van der Waals surface area (Å²) >= 11 is 0. The fraction of sp³-hybridized carbons (Fsp3) is 0.421. The molecular weight excluding hydrogens is 332 g/mol. The Morgan fingerprint density at radius 1 is 1.23 bits per heavy atom. The van der Waals surface area contributed by atoms with Crippen molar-refractivity contribution in [1.29, 1.82) is 0 Å². The van der Waals surface area contributed by atoms with Gasteiger partial charge in [0.1, 0.15) is 5.60 Å². The molecule has 140 valence electrons. The van der Waals surface area contributed by atoms with Crippen LogP contribution in [0.15, 0.2) is 42.7 Å². The molecule has 0 saturated heterocycles. The van der Waals surface area contributed by atoms with Gasteiger partial charge in [-0.25, -0.2) is 4.79 Å². The number of hydrogen-bond acceptors (Lipinski definition) is 4. The molecule has 26 heavy (non-hydrogen) atoms. The molecule has 1 aromatic carbocycles. The van der Waals surface area contributed by atoms with E-state index in [0.29, 0.717) is 12.2 Å². The third kappa shape index (κ3) is 6.96. The van der Waals surface area contributed by atoms with Crippen molar-refractivity contribution in [3.63, 3.8) is 0 Å². The fourth-order valence-corrected chi connectivity index (χ4v) is 2.37. The molecule has 0 unspecified atom stereocenters. The Balaban J connectivity index is 1.80. The van der Waals surface area contributed by atoms with Gasteiger partial charge < -0.3 is 10.1 Å². The molecule has 0 radical (unpaired) electrons. The summed E-state index contributed by atoms with van der Waals surface area (Å²) in [6, 6.07) is 8.95. The molecule has 1 heterocycles. The van der Waals surface area contributed by atoms with Crippen LogP contribution in [-0.4, -0.2) is 33.4 Å². The van der Waals surface area contributed by atoms with Crippen LogP contribution in [0.2, 0.25) is 0 Å². The highest BCUT2D eigenvalue weighted by Crippen LogP contribution is 2.13. The van der Waals surface area contributed by atoms with Crippen molar-refractivity contribution < 1.29 is 14.3 Å². The zero-order valence-electron chi connectivity index (χ0n) is 15.7. The Morgan fingerprint density at radius 3 is 2.50 bits per heavy atom. The van der Waals surface area contributed by atoms with Crippen molar-refractivity contribution in [3.05, 3.63) is 48.3 Å². The predicted octanol–water partition coefficient (Wildman–Crippen LogP) is 2.98. The third-order valence-electron chi connectivity index (χ3n) is 3.39. The molecule has 1 aromatic heterocycles. The molecule has 0 spiro atoms. The second-order valence-electron chi connectivity index (χ2n) is 7.20. The highest BCUT2D eigenvalue weighted by molar-refractivity contribution is 5.85. The molecule has 0 fully saturated rings. The fourth-order valence-electron chi connectivity index (χ4n) is 2.37. The van der Waals surface area contributed by atoms with Gasteiger partial charge >= 0.3 is 6.09 Å². The molecule has 2 rings (SSSR count). The molecule has 2 amide bonds. The summed E-state index contributed by atoms with van der Waals surface area (Å²) in [5.41, 5.74) is 0.939. The molecule has 2 aromatic rings. The summed E-state index contributed by atoms with van der Waals surface area (Å²) in [7, 11) is 0. The van der Waals surface area contributed by atoms with Crippen LogP contribution < -0.4 is 10.6 Å². The van der Waals surface area contributed by atoms with Gasteiger partial charge in [0.2, 0.25) is 5.91 Å². The van der Waals surface area contributed by atoms with E-state index in [9.17, 15) is 9.59 Å². The van der Waals surface area contributed by atoms with Gasteiger partial charge in [0.25, 0.3) is 0 Å². The Kier molecular flexibility index (Phi) is 6.38. The first-order valence-corrected chi connectivity index (χ1v) is 8.57. The van der Waals surface area contributed by atoms with Crippen molar-refractivity contribution in [2.45, 2.75) is 52.3 Å². The van der Waals surface area contributed by atoms with E-state index in [2.05, 4.69) is 15.7 Å². The second kappa shape index (κ2) is 8.51. The maximum absolute atomic E-state index is 12.1. The first-order valence-electron chi connectivity index (χ1n) is 8.57. The van der Waals surface area contributed by atoms with Crippen molar-refractivity contribution in [3.8, 4) is 0 Å². The summed E-state index contributed by atoms with van der Waals surface area (Å²) in [5.74, 6) is -0.0579. The molecule has 2 N–H and O–H groups in total. The quantitative estimate of drug-likeness (QED) is 0.831. The topological polar surface area (TPSA) is 85.3 Å². The Labute approximate surface area is 153 Å². The number of carbonyl (C=O) groups is 2. The minimum atomic E-state index is -0.547. The minimum Gasteiger partial charge on any atom is -0.444 e. The van der Waals surface area contributed by atoms with E-state index in [-0.39, 0.29) is 18.4 Å². The van der Waals surface area contributed by atoms with Gasteiger partial charge in [-0.1, -0.05) is 12.1 Å². The molecule has 0 bridgehead atoms. The molecule has 0 aliphatic rings. The maximum atomic E-state index is 12.1. The van der Waals surface area contributed by atoms with Crippen LogP contribution in [-0.2, 0) is 22.5 Å². The van der Waals surface area contributed by atoms with Crippen LogP contribution in [0.1, 0.15) is 33.3 Å². The van der Waals surface area contributed by atoms with E-state index < -0.39 is 11.7 Å². The molecule has 7 heteroatoms. The molecular formula is C19H26N4O3. The molecule has 0 aliphatic carbocycles. The van der Waals surface area contributed by atoms with E-state index in [1.807, 2.05) is 52.1 Å². The van der Waals surface area contributed by atoms with Crippen molar-refractivity contribution >= 4 is 17.7 Å². The third-order valence-corrected chi connectivity index (χ3v) is 3.39. The Bertz CT molecular complexity index is 718. The van der Waals surface area contributed by atoms with Gasteiger partial charge in [-0.05, 0) is 51.5 Å². The summed E-state index contributed by atoms with van der Waals surface area (Å²) in [6.07, 6.45) is 3.34. The van der Waals surface area contributed by atoms with Crippen molar-refractivity contribution in [2.24, 2.45) is 0 Å². The first-order chi connectivity index (χ1) is 12.2. The zero-order chi connectivity index (χ0) is 19.2. The number of aromatic nitrogens is 2. The summed E-state index contributed by atoms with van der Waals surface area (Å²) in [4.78, 5) is 23.9. The van der Waals surface area contributed by atoms with Crippen LogP contribution in [0.5, 0.6) is 0 Å². The zero-order valence-corrected chi connectivity index (χ0v) is 15.7. The summed E-state index contributed by atoms with van der Waals surface area (Å²) in [5, 5.41) is 9.74. The molecule has 1 atom stereocenters. The minimum absolute atomic E-state index is 0.0180. The lowest BCUT2D eigenvalue weighted by atomic mass is 10.1. The number of amides is 2. The smallest absolute Gasteiger partial charge is 0.412 e. The number of ether oxygens (including phenoxy) is 1. The number of rotatable bonds is 6. The normalized spacial score (nSPS) is 12.3. The lowest BCUT2D eigenvalue weighted by molar-refractivity contribution is -0.121. The van der Waals surface area contributed by atoms with Gasteiger partial charge in [-0.2, -0.15) is 5.10 Å². The van der Waals surface area contributed by atoms with E-state index in [1.54, 1.807) is 23.0 Å². The van der Waals surface area contributed by atoms with E-state index >= 15 is 0 Å². The van der Waals surface area contributed by atoms with Crippen LogP contribution in [0.3, 0.4) is 0 Å². The second-order valence-corrected chi connectivity index (χ2v) is 7.20. The first kappa shape index (κ1) is 19.5. The average Bonchev–Trinajstić information content (AvgIpc) is 2.99. The van der Waals surface area contributed by atoms with Gasteiger partial charge in [-0.3, -0.25) is 14.8 Å². The average molecular weight is 358 g/mol. The SMILES string of the molecule is C[C@@H](Cn1cccn1)NC(=O)Cc1ccc(NC(=O)OC(C)(C)C)cc1. The van der Waals surface area contributed by atoms with E-state index in [1.165, 1.54) is 0 Å². The Hall–Kier alpha value is -2.83. The number of benzene rings is 1. The number of nitrogens with zero attached hydrogens (tertiary/aromatic N) is 2.